The van der Waals surface area contributed by atoms with E-state index in [2.05, 4.69) is 23.4 Å². The molecule has 3 rings (SSSR count). The number of aromatic nitrogens is 2. The highest BCUT2D eigenvalue weighted by molar-refractivity contribution is 5.62. The molecule has 4 nitrogen and oxygen atoms in total. The molecule has 1 aromatic heterocycles. The number of nitrogens with one attached hydrogen (secondary N) is 1. The van der Waals surface area contributed by atoms with Crippen LogP contribution in [-0.4, -0.2) is 21.4 Å². The van der Waals surface area contributed by atoms with Crippen LogP contribution in [0.3, 0.4) is 0 Å². The lowest BCUT2D eigenvalue weighted by Crippen LogP contribution is -2.11. The zero-order valence-electron chi connectivity index (χ0n) is 11.1. The molecule has 0 fully saturated rings. The number of aliphatic hydroxyl groups is 1. The first-order valence-corrected chi connectivity index (χ1v) is 6.86. The molecule has 4 heteroatoms. The molecule has 1 unspecified atom stereocenters. The van der Waals surface area contributed by atoms with Gasteiger partial charge in [0.1, 0.15) is 6.10 Å². The van der Waals surface area contributed by atoms with E-state index in [9.17, 15) is 5.11 Å². The van der Waals surface area contributed by atoms with Crippen LogP contribution in [0.2, 0.25) is 0 Å². The maximum atomic E-state index is 10.7. The zero-order chi connectivity index (χ0) is 13.2. The summed E-state index contributed by atoms with van der Waals surface area (Å²) < 4.78 is 1.89. The molecule has 1 aromatic carbocycles. The quantitative estimate of drug-likeness (QED) is 0.884. The Labute approximate surface area is 113 Å². The molecule has 1 aliphatic heterocycles. The third kappa shape index (κ3) is 2.12. The molecule has 19 heavy (non-hydrogen) atoms. The largest absolute Gasteiger partial charge is 0.384 e. The molecule has 0 saturated carbocycles. The van der Waals surface area contributed by atoms with Crippen LogP contribution in [0.1, 0.15) is 36.3 Å². The molecule has 0 bridgehead atoms. The fourth-order valence-corrected chi connectivity index (χ4v) is 2.73. The van der Waals surface area contributed by atoms with Gasteiger partial charge in [0.05, 0.1) is 5.69 Å². The third-order valence-electron chi connectivity index (χ3n) is 3.64. The Morgan fingerprint density at radius 1 is 1.42 bits per heavy atom. The van der Waals surface area contributed by atoms with Gasteiger partial charge in [-0.25, -0.2) is 0 Å². The lowest BCUT2D eigenvalue weighted by atomic mass is 10.0. The van der Waals surface area contributed by atoms with Gasteiger partial charge in [-0.3, -0.25) is 4.68 Å². The van der Waals surface area contributed by atoms with E-state index in [-0.39, 0.29) is 0 Å². The minimum Gasteiger partial charge on any atom is -0.384 e. The SMILES string of the molecule is CCCn1nccc1C(O)c1cccc2c1NCC2. The van der Waals surface area contributed by atoms with E-state index in [1.165, 1.54) is 5.56 Å². The van der Waals surface area contributed by atoms with Gasteiger partial charge in [-0.05, 0) is 24.5 Å². The molecule has 1 atom stereocenters. The fourth-order valence-electron chi connectivity index (χ4n) is 2.73. The molecule has 2 N–H and O–H groups in total. The number of aryl methyl sites for hydroxylation is 1. The van der Waals surface area contributed by atoms with Crippen molar-refractivity contribution in [3.05, 3.63) is 47.3 Å². The van der Waals surface area contributed by atoms with E-state index in [4.69, 9.17) is 0 Å². The first kappa shape index (κ1) is 12.2. The van der Waals surface area contributed by atoms with Crippen LogP contribution in [0.4, 0.5) is 5.69 Å². The van der Waals surface area contributed by atoms with Gasteiger partial charge in [0.2, 0.25) is 0 Å². The molecule has 1 aliphatic rings. The Hall–Kier alpha value is -1.81. The second-order valence-electron chi connectivity index (χ2n) is 4.94. The zero-order valence-corrected chi connectivity index (χ0v) is 11.1. The van der Waals surface area contributed by atoms with Gasteiger partial charge >= 0.3 is 0 Å². The van der Waals surface area contributed by atoms with Crippen molar-refractivity contribution in [2.75, 3.05) is 11.9 Å². The highest BCUT2D eigenvalue weighted by Crippen LogP contribution is 2.33. The minimum atomic E-state index is -0.616. The number of nitrogens with zero attached hydrogens (tertiary/aromatic N) is 2. The summed E-state index contributed by atoms with van der Waals surface area (Å²) in [4.78, 5) is 0. The van der Waals surface area contributed by atoms with E-state index >= 15 is 0 Å². The molecular weight excluding hydrogens is 238 g/mol. The summed E-state index contributed by atoms with van der Waals surface area (Å²) in [5.41, 5.74) is 4.20. The first-order chi connectivity index (χ1) is 9.31. The fraction of sp³-hybridized carbons (Fsp3) is 0.400. The van der Waals surface area contributed by atoms with Crippen LogP contribution < -0.4 is 5.32 Å². The maximum Gasteiger partial charge on any atom is 0.123 e. The van der Waals surface area contributed by atoms with Crippen LogP contribution in [0, 0.1) is 0 Å². The highest BCUT2D eigenvalue weighted by atomic mass is 16.3. The van der Waals surface area contributed by atoms with Crippen LogP contribution in [-0.2, 0) is 13.0 Å². The van der Waals surface area contributed by atoms with E-state index < -0.39 is 6.10 Å². The Kier molecular flexibility index (Phi) is 3.25. The normalized spacial score (nSPS) is 15.1. The van der Waals surface area contributed by atoms with Crippen LogP contribution in [0.5, 0.6) is 0 Å². The lowest BCUT2D eigenvalue weighted by Gasteiger charge is -2.16. The minimum absolute atomic E-state index is 0.616. The van der Waals surface area contributed by atoms with Gasteiger partial charge in [-0.15, -0.1) is 0 Å². The Balaban J connectivity index is 1.98. The molecule has 2 heterocycles. The van der Waals surface area contributed by atoms with Crippen molar-refractivity contribution in [3.63, 3.8) is 0 Å². The van der Waals surface area contributed by atoms with E-state index in [0.717, 1.165) is 42.9 Å². The van der Waals surface area contributed by atoms with Gasteiger partial charge < -0.3 is 10.4 Å². The number of benzene rings is 1. The summed E-state index contributed by atoms with van der Waals surface area (Å²) in [5.74, 6) is 0. The summed E-state index contributed by atoms with van der Waals surface area (Å²) in [6.45, 7) is 3.90. The predicted molar refractivity (Wildman–Crippen MR) is 75.2 cm³/mol. The second-order valence-corrected chi connectivity index (χ2v) is 4.94. The van der Waals surface area contributed by atoms with Crippen molar-refractivity contribution < 1.29 is 5.11 Å². The highest BCUT2D eigenvalue weighted by Gasteiger charge is 2.22. The molecule has 0 saturated heterocycles. The van der Waals surface area contributed by atoms with Gasteiger partial charge in [0, 0.05) is 30.5 Å². The van der Waals surface area contributed by atoms with Gasteiger partial charge in [0.15, 0.2) is 0 Å². The first-order valence-electron chi connectivity index (χ1n) is 6.86. The molecule has 0 spiro atoms. The number of anilines is 1. The molecule has 0 amide bonds. The summed E-state index contributed by atoms with van der Waals surface area (Å²) in [7, 11) is 0. The van der Waals surface area contributed by atoms with Crippen molar-refractivity contribution in [1.29, 1.82) is 0 Å². The average Bonchev–Trinajstić information content (AvgIpc) is 3.06. The number of fused-ring (bicyclic) bond motifs is 1. The summed E-state index contributed by atoms with van der Waals surface area (Å²) in [6.07, 6.45) is 3.18. The summed E-state index contributed by atoms with van der Waals surface area (Å²) >= 11 is 0. The Morgan fingerprint density at radius 3 is 3.16 bits per heavy atom. The third-order valence-corrected chi connectivity index (χ3v) is 3.64. The predicted octanol–water partition coefficient (Wildman–Crippen LogP) is 2.34. The van der Waals surface area contributed by atoms with Crippen molar-refractivity contribution in [3.8, 4) is 0 Å². The van der Waals surface area contributed by atoms with E-state index in [0.29, 0.717) is 0 Å². The average molecular weight is 257 g/mol. The number of hydrogen-bond acceptors (Lipinski definition) is 3. The van der Waals surface area contributed by atoms with Crippen LogP contribution in [0.25, 0.3) is 0 Å². The van der Waals surface area contributed by atoms with Crippen LogP contribution >= 0.6 is 0 Å². The molecular formula is C15H19N3O. The van der Waals surface area contributed by atoms with E-state index in [1.54, 1.807) is 6.20 Å². The molecule has 100 valence electrons. The Bertz CT molecular complexity index is 577. The number of hydrogen-bond donors (Lipinski definition) is 2. The van der Waals surface area contributed by atoms with E-state index in [1.807, 2.05) is 22.9 Å². The smallest absolute Gasteiger partial charge is 0.123 e. The van der Waals surface area contributed by atoms with Crippen molar-refractivity contribution >= 4 is 5.69 Å². The molecule has 2 aromatic rings. The van der Waals surface area contributed by atoms with Gasteiger partial charge in [0.25, 0.3) is 0 Å². The topological polar surface area (TPSA) is 50.1 Å². The molecule has 0 aliphatic carbocycles. The van der Waals surface area contributed by atoms with Crippen molar-refractivity contribution in [2.45, 2.75) is 32.4 Å². The monoisotopic (exact) mass is 257 g/mol. The second kappa shape index (κ2) is 5.05. The van der Waals surface area contributed by atoms with Gasteiger partial charge in [-0.2, -0.15) is 5.10 Å². The van der Waals surface area contributed by atoms with Crippen molar-refractivity contribution in [1.82, 2.24) is 9.78 Å². The standard InChI is InChI=1S/C15H19N3O/c1-2-10-18-13(7-9-17-18)15(19)12-5-3-4-11-6-8-16-14(11)12/h3-5,7,9,15-16,19H,2,6,8,10H2,1H3. The number of aliphatic hydroxyl groups excluding tert-OH is 1. The number of para-hydroxylation sites is 1. The summed E-state index contributed by atoms with van der Waals surface area (Å²) in [6, 6.07) is 8.03. The maximum absolute atomic E-state index is 10.7. The molecule has 0 radical (unpaired) electrons. The summed E-state index contributed by atoms with van der Waals surface area (Å²) in [5, 5.41) is 18.3. The number of rotatable bonds is 4. The Morgan fingerprint density at radius 2 is 2.32 bits per heavy atom. The lowest BCUT2D eigenvalue weighted by molar-refractivity contribution is 0.208. The van der Waals surface area contributed by atoms with Crippen molar-refractivity contribution in [2.24, 2.45) is 0 Å². The van der Waals surface area contributed by atoms with Crippen LogP contribution in [0.15, 0.2) is 30.5 Å². The van der Waals surface area contributed by atoms with Gasteiger partial charge in [-0.1, -0.05) is 25.1 Å².